The smallest absolute Gasteiger partial charge is 0.0207 e. The summed E-state index contributed by atoms with van der Waals surface area (Å²) in [4.78, 5) is 0. The van der Waals surface area contributed by atoms with Crippen LogP contribution in [-0.2, 0) is 0 Å². The molecule has 0 aromatic rings. The van der Waals surface area contributed by atoms with Crippen molar-refractivity contribution in [2.24, 2.45) is 29.6 Å². The Kier molecular flexibility index (Phi) is 3.52. The van der Waals surface area contributed by atoms with E-state index in [1.165, 1.54) is 19.3 Å². The van der Waals surface area contributed by atoms with Gasteiger partial charge in [-0.25, -0.2) is 0 Å². The van der Waals surface area contributed by atoms with Crippen molar-refractivity contribution >= 4 is 0 Å². The van der Waals surface area contributed by atoms with E-state index in [1.54, 1.807) is 11.1 Å². The molecule has 102 valence electrons. The fourth-order valence-electron chi connectivity index (χ4n) is 4.22. The van der Waals surface area contributed by atoms with Gasteiger partial charge in [0, 0.05) is 5.92 Å². The highest BCUT2D eigenvalue weighted by Crippen LogP contribution is 2.46. The third-order valence-corrected chi connectivity index (χ3v) is 5.30. The highest BCUT2D eigenvalue weighted by Gasteiger charge is 2.35. The van der Waals surface area contributed by atoms with E-state index >= 15 is 0 Å². The molecule has 0 amide bonds. The van der Waals surface area contributed by atoms with Gasteiger partial charge in [0.05, 0.1) is 0 Å². The van der Waals surface area contributed by atoms with Gasteiger partial charge in [-0.05, 0) is 47.7 Å². The summed E-state index contributed by atoms with van der Waals surface area (Å²) >= 11 is 0. The maximum absolute atomic E-state index is 2.43. The van der Waals surface area contributed by atoms with Crippen molar-refractivity contribution in [3.8, 4) is 0 Å². The molecule has 0 spiro atoms. The number of rotatable bonds is 2. The predicted octanol–water partition coefficient (Wildman–Crippen LogP) is 5.30. The number of hydrogen-bond acceptors (Lipinski definition) is 0. The largest absolute Gasteiger partial charge is 0.0732 e. The van der Waals surface area contributed by atoms with Crippen molar-refractivity contribution in [3.05, 3.63) is 47.6 Å². The lowest BCUT2D eigenvalue weighted by molar-refractivity contribution is 0.172. The van der Waals surface area contributed by atoms with Crippen molar-refractivity contribution in [2.75, 3.05) is 0 Å². The van der Waals surface area contributed by atoms with Gasteiger partial charge in [-0.1, -0.05) is 63.6 Å². The molecule has 0 radical (unpaired) electrons. The Hall–Kier alpha value is -1.04. The van der Waals surface area contributed by atoms with E-state index < -0.39 is 0 Å². The highest BCUT2D eigenvalue weighted by atomic mass is 14.4. The molecule has 0 N–H and O–H groups in total. The van der Waals surface area contributed by atoms with Crippen molar-refractivity contribution in [3.63, 3.8) is 0 Å². The van der Waals surface area contributed by atoms with Gasteiger partial charge in [-0.3, -0.25) is 0 Å². The van der Waals surface area contributed by atoms with Crippen LogP contribution in [0, 0.1) is 29.6 Å². The minimum absolute atomic E-state index is 0.560. The zero-order chi connectivity index (χ0) is 13.4. The van der Waals surface area contributed by atoms with Gasteiger partial charge in [-0.15, -0.1) is 0 Å². The zero-order valence-electron chi connectivity index (χ0n) is 12.5. The van der Waals surface area contributed by atoms with E-state index in [-0.39, 0.29) is 0 Å². The Labute approximate surface area is 118 Å². The first-order chi connectivity index (χ1) is 9.16. The first-order valence-electron chi connectivity index (χ1n) is 7.94. The van der Waals surface area contributed by atoms with Gasteiger partial charge >= 0.3 is 0 Å². The summed E-state index contributed by atoms with van der Waals surface area (Å²) < 4.78 is 0. The van der Waals surface area contributed by atoms with Crippen LogP contribution in [0.3, 0.4) is 0 Å². The Bertz CT molecular complexity index is 458. The molecule has 4 atom stereocenters. The van der Waals surface area contributed by atoms with Gasteiger partial charge in [0.15, 0.2) is 0 Å². The van der Waals surface area contributed by atoms with Crippen LogP contribution in [0.2, 0.25) is 0 Å². The van der Waals surface area contributed by atoms with Crippen molar-refractivity contribution in [1.29, 1.82) is 0 Å². The molecule has 0 aromatic heterocycles. The molecule has 0 heteroatoms. The van der Waals surface area contributed by atoms with Crippen LogP contribution in [0.5, 0.6) is 0 Å². The van der Waals surface area contributed by atoms with Gasteiger partial charge in [0.1, 0.15) is 0 Å². The summed E-state index contributed by atoms with van der Waals surface area (Å²) in [6.07, 6.45) is 18.1. The molecule has 0 bridgehead atoms. The summed E-state index contributed by atoms with van der Waals surface area (Å²) in [6.45, 7) is 7.25. The van der Waals surface area contributed by atoms with Crippen LogP contribution in [0.15, 0.2) is 47.6 Å². The molecule has 0 aliphatic heterocycles. The van der Waals surface area contributed by atoms with Crippen LogP contribution in [-0.4, -0.2) is 0 Å². The van der Waals surface area contributed by atoms with Crippen LogP contribution >= 0.6 is 0 Å². The number of hydrogen-bond donors (Lipinski definition) is 0. The Morgan fingerprint density at radius 3 is 2.63 bits per heavy atom. The molecular formula is C19H26. The van der Waals surface area contributed by atoms with Gasteiger partial charge < -0.3 is 0 Å². The van der Waals surface area contributed by atoms with E-state index in [9.17, 15) is 0 Å². The number of allylic oxidation sites excluding steroid dienone is 8. The van der Waals surface area contributed by atoms with Crippen molar-refractivity contribution in [1.82, 2.24) is 0 Å². The second-order valence-electron chi connectivity index (χ2n) is 6.97. The monoisotopic (exact) mass is 254 g/mol. The Morgan fingerprint density at radius 2 is 1.84 bits per heavy atom. The van der Waals surface area contributed by atoms with E-state index in [0.717, 1.165) is 23.7 Å². The molecule has 1 saturated carbocycles. The predicted molar refractivity (Wildman–Crippen MR) is 82.8 cm³/mol. The number of fused-ring (bicyclic) bond motifs is 1. The van der Waals surface area contributed by atoms with Gasteiger partial charge in [0.2, 0.25) is 0 Å². The molecule has 0 saturated heterocycles. The first-order valence-corrected chi connectivity index (χ1v) is 7.94. The zero-order valence-corrected chi connectivity index (χ0v) is 12.5. The van der Waals surface area contributed by atoms with Gasteiger partial charge in [0.25, 0.3) is 0 Å². The average molecular weight is 254 g/mol. The standard InChI is InChI=1S/C19H26/c1-13(2)16-10-8-14(3)12-19(16)18-11-9-15-6-4-5-7-17(15)18/h4-7,9,11,13-16,19H,8,10,12H2,1-3H3/t14-,15?,16+,19-/m1/s1. The summed E-state index contributed by atoms with van der Waals surface area (Å²) in [6, 6.07) is 0. The second-order valence-corrected chi connectivity index (χ2v) is 6.97. The van der Waals surface area contributed by atoms with Crippen LogP contribution in [0.1, 0.15) is 40.0 Å². The second kappa shape index (κ2) is 5.15. The van der Waals surface area contributed by atoms with Crippen LogP contribution in [0.4, 0.5) is 0 Å². The molecule has 0 nitrogen and oxygen atoms in total. The molecule has 3 rings (SSSR count). The topological polar surface area (TPSA) is 0 Å². The molecule has 0 heterocycles. The highest BCUT2D eigenvalue weighted by molar-refractivity contribution is 5.50. The third kappa shape index (κ3) is 2.38. The maximum Gasteiger partial charge on any atom is 0.0207 e. The Morgan fingerprint density at radius 1 is 1.00 bits per heavy atom. The SMILES string of the molecule is CC(C)[C@@H]1CC[C@@H](C)C[C@H]1C1=C2C=CC=CC2C=C1. The molecule has 3 aliphatic rings. The fourth-order valence-corrected chi connectivity index (χ4v) is 4.22. The normalized spacial score (nSPS) is 37.3. The lowest BCUT2D eigenvalue weighted by Crippen LogP contribution is -2.29. The van der Waals surface area contributed by atoms with Crippen LogP contribution < -0.4 is 0 Å². The van der Waals surface area contributed by atoms with Crippen molar-refractivity contribution in [2.45, 2.75) is 40.0 Å². The molecule has 0 aromatic carbocycles. The third-order valence-electron chi connectivity index (χ3n) is 5.30. The minimum Gasteiger partial charge on any atom is -0.0732 e. The molecular weight excluding hydrogens is 228 g/mol. The fraction of sp³-hybridized carbons (Fsp3) is 0.579. The van der Waals surface area contributed by atoms with E-state index in [0.29, 0.717) is 5.92 Å². The van der Waals surface area contributed by atoms with Gasteiger partial charge in [-0.2, -0.15) is 0 Å². The molecule has 3 aliphatic carbocycles. The maximum atomic E-state index is 2.43. The molecule has 1 unspecified atom stereocenters. The summed E-state index contributed by atoms with van der Waals surface area (Å²) in [5, 5.41) is 0. The summed E-state index contributed by atoms with van der Waals surface area (Å²) in [7, 11) is 0. The minimum atomic E-state index is 0.560. The van der Waals surface area contributed by atoms with E-state index in [4.69, 9.17) is 0 Å². The molecule has 19 heavy (non-hydrogen) atoms. The average Bonchev–Trinajstić information content (AvgIpc) is 2.82. The van der Waals surface area contributed by atoms with Crippen molar-refractivity contribution < 1.29 is 0 Å². The van der Waals surface area contributed by atoms with E-state index in [1.807, 2.05) is 0 Å². The Balaban J connectivity index is 1.92. The summed E-state index contributed by atoms with van der Waals surface area (Å²) in [5.74, 6) is 3.92. The lowest BCUT2D eigenvalue weighted by atomic mass is 9.66. The first kappa shape index (κ1) is 13.0. The lowest BCUT2D eigenvalue weighted by Gasteiger charge is -2.38. The molecule has 1 fully saturated rings. The van der Waals surface area contributed by atoms with E-state index in [2.05, 4.69) is 57.2 Å². The quantitative estimate of drug-likeness (QED) is 0.627. The van der Waals surface area contributed by atoms with Crippen LogP contribution in [0.25, 0.3) is 0 Å². The summed E-state index contributed by atoms with van der Waals surface area (Å²) in [5.41, 5.74) is 3.23.